The Kier molecular flexibility index (Phi) is 2.35. The van der Waals surface area contributed by atoms with E-state index in [1.54, 1.807) is 0 Å². The van der Waals surface area contributed by atoms with Crippen molar-refractivity contribution in [1.82, 2.24) is 10.2 Å². The summed E-state index contributed by atoms with van der Waals surface area (Å²) in [6.07, 6.45) is 4.10. The summed E-state index contributed by atoms with van der Waals surface area (Å²) in [6.45, 7) is 4.01. The van der Waals surface area contributed by atoms with Gasteiger partial charge in [0.15, 0.2) is 0 Å². The molecule has 2 aliphatic rings. The van der Waals surface area contributed by atoms with Crippen LogP contribution in [0.1, 0.15) is 38.1 Å². The van der Waals surface area contributed by atoms with Crippen molar-refractivity contribution in [3.8, 4) is 0 Å². The van der Waals surface area contributed by atoms with Crippen LogP contribution >= 0.6 is 0 Å². The molecule has 3 unspecified atom stereocenters. The fourth-order valence-electron chi connectivity index (χ4n) is 2.93. The highest BCUT2D eigenvalue weighted by Gasteiger charge is 2.37. The second kappa shape index (κ2) is 3.73. The monoisotopic (exact) mass is 222 g/mol. The quantitative estimate of drug-likeness (QED) is 0.817. The number of hydrogen-bond acceptors (Lipinski definition) is 5. The van der Waals surface area contributed by atoms with Crippen molar-refractivity contribution in [3.63, 3.8) is 0 Å². The van der Waals surface area contributed by atoms with E-state index in [2.05, 4.69) is 15.1 Å². The fraction of sp³-hybridized carbons (Fsp3) is 0.818. The predicted molar refractivity (Wildman–Crippen MR) is 59.9 cm³/mol. The van der Waals surface area contributed by atoms with Crippen LogP contribution in [0.5, 0.6) is 0 Å². The molecule has 0 aromatic carbocycles. The topological polar surface area (TPSA) is 68.2 Å². The molecule has 2 heterocycles. The van der Waals surface area contributed by atoms with E-state index in [9.17, 15) is 0 Å². The molecule has 0 radical (unpaired) electrons. The van der Waals surface area contributed by atoms with Crippen LogP contribution in [-0.2, 0) is 0 Å². The Morgan fingerprint density at radius 2 is 2.00 bits per heavy atom. The molecule has 2 fully saturated rings. The first-order valence-corrected chi connectivity index (χ1v) is 6.08. The van der Waals surface area contributed by atoms with Gasteiger partial charge in [0.2, 0.25) is 5.89 Å². The van der Waals surface area contributed by atoms with Crippen LogP contribution in [0.4, 0.5) is 6.01 Å². The van der Waals surface area contributed by atoms with Crippen molar-refractivity contribution < 1.29 is 4.42 Å². The maximum atomic E-state index is 5.70. The number of fused-ring (bicyclic) bond motifs is 1. The number of aromatic nitrogens is 2. The second-order valence-electron chi connectivity index (χ2n) is 5.07. The molecule has 1 saturated carbocycles. The highest BCUT2D eigenvalue weighted by atomic mass is 16.4. The zero-order valence-corrected chi connectivity index (χ0v) is 9.59. The number of anilines is 1. The van der Waals surface area contributed by atoms with Crippen LogP contribution in [0.2, 0.25) is 0 Å². The van der Waals surface area contributed by atoms with Gasteiger partial charge in [-0.15, -0.1) is 5.10 Å². The van der Waals surface area contributed by atoms with Crippen LogP contribution in [0.3, 0.4) is 0 Å². The standard InChI is InChI=1S/C11H18N4O/c1-7(12)10-13-14-11(16-10)15-5-8-3-2-4-9(8)6-15/h7-9H,2-6,12H2,1H3. The molecule has 88 valence electrons. The van der Waals surface area contributed by atoms with Crippen LogP contribution in [0.15, 0.2) is 4.42 Å². The molecule has 1 aliphatic carbocycles. The Bertz CT molecular complexity index is 364. The largest absolute Gasteiger partial charge is 0.406 e. The van der Waals surface area contributed by atoms with Crippen molar-refractivity contribution >= 4 is 6.01 Å². The maximum absolute atomic E-state index is 5.70. The van der Waals surface area contributed by atoms with Gasteiger partial charge in [-0.05, 0) is 31.6 Å². The van der Waals surface area contributed by atoms with Gasteiger partial charge in [0.25, 0.3) is 0 Å². The third kappa shape index (κ3) is 1.59. The van der Waals surface area contributed by atoms with E-state index < -0.39 is 0 Å². The zero-order valence-electron chi connectivity index (χ0n) is 9.59. The molecule has 0 amide bonds. The van der Waals surface area contributed by atoms with Crippen molar-refractivity contribution in [2.75, 3.05) is 18.0 Å². The predicted octanol–water partition coefficient (Wildman–Crippen LogP) is 1.33. The van der Waals surface area contributed by atoms with E-state index in [1.807, 2.05) is 6.92 Å². The van der Waals surface area contributed by atoms with Crippen LogP contribution in [-0.4, -0.2) is 23.3 Å². The summed E-state index contributed by atoms with van der Waals surface area (Å²) in [4.78, 5) is 2.22. The van der Waals surface area contributed by atoms with Crippen LogP contribution in [0.25, 0.3) is 0 Å². The van der Waals surface area contributed by atoms with Gasteiger partial charge in [0.05, 0.1) is 6.04 Å². The Balaban J connectivity index is 1.73. The van der Waals surface area contributed by atoms with Gasteiger partial charge < -0.3 is 15.1 Å². The summed E-state index contributed by atoms with van der Waals surface area (Å²) in [7, 11) is 0. The first-order chi connectivity index (χ1) is 7.74. The lowest BCUT2D eigenvalue weighted by Gasteiger charge is -2.13. The Hall–Kier alpha value is -1.10. The van der Waals surface area contributed by atoms with Gasteiger partial charge in [0, 0.05) is 13.1 Å². The molecule has 1 aliphatic heterocycles. The van der Waals surface area contributed by atoms with E-state index in [0.29, 0.717) is 11.9 Å². The van der Waals surface area contributed by atoms with Crippen molar-refractivity contribution in [2.45, 2.75) is 32.2 Å². The number of nitrogens with two attached hydrogens (primary N) is 1. The number of rotatable bonds is 2. The molecule has 1 aromatic rings. The number of nitrogens with zero attached hydrogens (tertiary/aromatic N) is 3. The van der Waals surface area contributed by atoms with Gasteiger partial charge in [0.1, 0.15) is 0 Å². The molecule has 5 nitrogen and oxygen atoms in total. The third-order valence-electron chi connectivity index (χ3n) is 3.82. The maximum Gasteiger partial charge on any atom is 0.318 e. The highest BCUT2D eigenvalue weighted by molar-refractivity contribution is 5.28. The Morgan fingerprint density at radius 1 is 1.31 bits per heavy atom. The van der Waals surface area contributed by atoms with Crippen molar-refractivity contribution in [3.05, 3.63) is 5.89 Å². The summed E-state index contributed by atoms with van der Waals surface area (Å²) in [5.74, 6) is 2.21. The molecule has 0 bridgehead atoms. The first-order valence-electron chi connectivity index (χ1n) is 6.08. The first kappa shape index (κ1) is 10.1. The summed E-state index contributed by atoms with van der Waals surface area (Å²) in [5.41, 5.74) is 5.70. The minimum atomic E-state index is -0.177. The normalized spacial score (nSPS) is 30.8. The third-order valence-corrected chi connectivity index (χ3v) is 3.82. The minimum Gasteiger partial charge on any atom is -0.406 e. The van der Waals surface area contributed by atoms with Crippen LogP contribution in [0, 0.1) is 11.8 Å². The fourth-order valence-corrected chi connectivity index (χ4v) is 2.93. The van der Waals surface area contributed by atoms with Gasteiger partial charge in [-0.25, -0.2) is 0 Å². The van der Waals surface area contributed by atoms with E-state index >= 15 is 0 Å². The molecule has 3 atom stereocenters. The summed E-state index contributed by atoms with van der Waals surface area (Å²) >= 11 is 0. The van der Waals surface area contributed by atoms with E-state index in [0.717, 1.165) is 24.9 Å². The lowest BCUT2D eigenvalue weighted by atomic mass is 10.0. The molecule has 1 aromatic heterocycles. The van der Waals surface area contributed by atoms with E-state index in [1.165, 1.54) is 19.3 Å². The van der Waals surface area contributed by atoms with Crippen LogP contribution < -0.4 is 10.6 Å². The molecule has 3 rings (SSSR count). The van der Waals surface area contributed by atoms with Crippen molar-refractivity contribution in [2.24, 2.45) is 17.6 Å². The highest BCUT2D eigenvalue weighted by Crippen LogP contribution is 2.39. The lowest BCUT2D eigenvalue weighted by molar-refractivity contribution is 0.458. The zero-order chi connectivity index (χ0) is 11.1. The van der Waals surface area contributed by atoms with Gasteiger partial charge in [-0.3, -0.25) is 0 Å². The molecular formula is C11H18N4O. The number of hydrogen-bond donors (Lipinski definition) is 1. The molecule has 0 spiro atoms. The Labute approximate surface area is 95.0 Å². The lowest BCUT2D eigenvalue weighted by Crippen LogP contribution is -2.20. The summed E-state index contributed by atoms with van der Waals surface area (Å²) in [5, 5.41) is 8.05. The summed E-state index contributed by atoms with van der Waals surface area (Å²) < 4.78 is 5.57. The van der Waals surface area contributed by atoms with E-state index in [4.69, 9.17) is 10.2 Å². The van der Waals surface area contributed by atoms with Crippen molar-refractivity contribution in [1.29, 1.82) is 0 Å². The molecule has 2 N–H and O–H groups in total. The average molecular weight is 222 g/mol. The minimum absolute atomic E-state index is 0.177. The average Bonchev–Trinajstić information content (AvgIpc) is 2.91. The molecule has 1 saturated heterocycles. The smallest absolute Gasteiger partial charge is 0.318 e. The van der Waals surface area contributed by atoms with Gasteiger partial charge in [-0.1, -0.05) is 11.5 Å². The summed E-state index contributed by atoms with van der Waals surface area (Å²) in [6, 6.07) is 0.477. The molecular weight excluding hydrogens is 204 g/mol. The molecule has 5 heteroatoms. The van der Waals surface area contributed by atoms with Gasteiger partial charge >= 0.3 is 6.01 Å². The molecule has 16 heavy (non-hydrogen) atoms. The van der Waals surface area contributed by atoms with Gasteiger partial charge in [-0.2, -0.15) is 0 Å². The SMILES string of the molecule is CC(N)c1nnc(N2CC3CCCC3C2)o1. The Morgan fingerprint density at radius 3 is 2.56 bits per heavy atom. The second-order valence-corrected chi connectivity index (χ2v) is 5.07. The van der Waals surface area contributed by atoms with E-state index in [-0.39, 0.29) is 6.04 Å².